The van der Waals surface area contributed by atoms with E-state index in [0.29, 0.717) is 29.7 Å². The lowest BCUT2D eigenvalue weighted by Gasteiger charge is -2.08. The van der Waals surface area contributed by atoms with Crippen LogP contribution >= 0.6 is 11.6 Å². The Kier molecular flexibility index (Phi) is 2.05. The van der Waals surface area contributed by atoms with Crippen molar-refractivity contribution in [2.75, 3.05) is 13.4 Å². The van der Waals surface area contributed by atoms with Crippen LogP contribution in [0.4, 0.5) is 0 Å². The Hall–Kier alpha value is -1.24. The van der Waals surface area contributed by atoms with E-state index < -0.39 is 0 Å². The van der Waals surface area contributed by atoms with Crippen molar-refractivity contribution in [3.8, 4) is 0 Å². The molecule has 0 aromatic carbocycles. The van der Waals surface area contributed by atoms with Gasteiger partial charge in [0.25, 0.3) is 0 Å². The predicted octanol–water partition coefficient (Wildman–Crippen LogP) is 0.983. The smallest absolute Gasteiger partial charge is 0.167 e. The molecule has 2 aromatic heterocycles. The van der Waals surface area contributed by atoms with E-state index in [1.807, 2.05) is 0 Å². The molecule has 1 unspecified atom stereocenters. The lowest BCUT2D eigenvalue weighted by molar-refractivity contribution is 0.0248. The maximum absolute atomic E-state index is 5.88. The van der Waals surface area contributed by atoms with Crippen LogP contribution in [0.15, 0.2) is 12.7 Å². The molecule has 1 aliphatic heterocycles. The highest BCUT2D eigenvalue weighted by Gasteiger charge is 2.21. The molecule has 15 heavy (non-hydrogen) atoms. The number of halogens is 1. The van der Waals surface area contributed by atoms with Gasteiger partial charge in [-0.15, -0.1) is 0 Å². The highest BCUT2D eigenvalue weighted by atomic mass is 35.5. The summed E-state index contributed by atoms with van der Waals surface area (Å²) in [4.78, 5) is 12.1. The molecular formula is C8H7ClN4O2. The van der Waals surface area contributed by atoms with Crippen molar-refractivity contribution in [1.29, 1.82) is 0 Å². The minimum atomic E-state index is -0.180. The van der Waals surface area contributed by atoms with Crippen LogP contribution < -0.4 is 0 Å². The van der Waals surface area contributed by atoms with Crippen LogP contribution in [0.25, 0.3) is 11.2 Å². The van der Waals surface area contributed by atoms with E-state index in [-0.39, 0.29) is 6.23 Å². The summed E-state index contributed by atoms with van der Waals surface area (Å²) in [7, 11) is 0. The van der Waals surface area contributed by atoms with Gasteiger partial charge in [0.05, 0.1) is 12.9 Å². The lowest BCUT2D eigenvalue weighted by Crippen LogP contribution is -2.09. The van der Waals surface area contributed by atoms with Crippen molar-refractivity contribution in [3.63, 3.8) is 0 Å². The molecule has 2 aromatic rings. The summed E-state index contributed by atoms with van der Waals surface area (Å²) in [5.41, 5.74) is 1.24. The number of rotatable bonds is 1. The molecule has 6 nitrogen and oxygen atoms in total. The summed E-state index contributed by atoms with van der Waals surface area (Å²) < 4.78 is 12.2. The van der Waals surface area contributed by atoms with Gasteiger partial charge in [-0.1, -0.05) is 11.6 Å². The van der Waals surface area contributed by atoms with Crippen molar-refractivity contribution in [3.05, 3.63) is 17.8 Å². The van der Waals surface area contributed by atoms with E-state index in [2.05, 4.69) is 15.0 Å². The third kappa shape index (κ3) is 1.38. The second kappa shape index (κ2) is 3.41. The quantitative estimate of drug-likeness (QED) is 0.679. The van der Waals surface area contributed by atoms with Crippen molar-refractivity contribution in [1.82, 2.24) is 19.5 Å². The van der Waals surface area contributed by atoms with Gasteiger partial charge >= 0.3 is 0 Å². The summed E-state index contributed by atoms with van der Waals surface area (Å²) >= 11 is 5.88. The normalized spacial score (nSPS) is 21.3. The van der Waals surface area contributed by atoms with Crippen molar-refractivity contribution in [2.24, 2.45) is 0 Å². The molecule has 0 N–H and O–H groups in total. The van der Waals surface area contributed by atoms with Gasteiger partial charge in [-0.3, -0.25) is 4.57 Å². The Bertz CT molecular complexity index is 494. The van der Waals surface area contributed by atoms with Crippen LogP contribution in [0.1, 0.15) is 6.23 Å². The summed E-state index contributed by atoms with van der Waals surface area (Å²) in [6, 6.07) is 0. The van der Waals surface area contributed by atoms with Gasteiger partial charge in [-0.25, -0.2) is 15.0 Å². The molecule has 1 atom stereocenters. The van der Waals surface area contributed by atoms with E-state index in [1.54, 1.807) is 10.9 Å². The van der Waals surface area contributed by atoms with Gasteiger partial charge in [-0.05, 0) is 0 Å². The first-order valence-electron chi connectivity index (χ1n) is 4.38. The average Bonchev–Trinajstić information content (AvgIpc) is 2.85. The Morgan fingerprint density at radius 3 is 3.13 bits per heavy atom. The maximum atomic E-state index is 5.88. The summed E-state index contributed by atoms with van der Waals surface area (Å²) in [5, 5.41) is 0.345. The molecule has 0 aliphatic carbocycles. The number of ether oxygens (including phenoxy) is 2. The van der Waals surface area contributed by atoms with Gasteiger partial charge in [0.2, 0.25) is 0 Å². The van der Waals surface area contributed by atoms with E-state index >= 15 is 0 Å². The molecule has 1 aliphatic rings. The van der Waals surface area contributed by atoms with Gasteiger partial charge < -0.3 is 9.47 Å². The zero-order valence-electron chi connectivity index (χ0n) is 7.63. The number of hydrogen-bond acceptors (Lipinski definition) is 5. The van der Waals surface area contributed by atoms with Gasteiger partial charge in [0.1, 0.15) is 18.6 Å². The zero-order chi connectivity index (χ0) is 10.3. The molecule has 3 heterocycles. The van der Waals surface area contributed by atoms with E-state index in [9.17, 15) is 0 Å². The second-order valence-corrected chi connectivity index (χ2v) is 3.46. The Balaban J connectivity index is 2.15. The van der Waals surface area contributed by atoms with E-state index in [0.717, 1.165) is 0 Å². The molecular weight excluding hydrogens is 220 g/mol. The fourth-order valence-electron chi connectivity index (χ4n) is 1.52. The van der Waals surface area contributed by atoms with Gasteiger partial charge in [-0.2, -0.15) is 0 Å². The fourth-order valence-corrected chi connectivity index (χ4v) is 1.70. The monoisotopic (exact) mass is 226 g/mol. The van der Waals surface area contributed by atoms with Crippen molar-refractivity contribution < 1.29 is 9.47 Å². The third-order valence-electron chi connectivity index (χ3n) is 2.23. The average molecular weight is 227 g/mol. The Morgan fingerprint density at radius 2 is 2.33 bits per heavy atom. The van der Waals surface area contributed by atoms with Crippen molar-refractivity contribution in [2.45, 2.75) is 6.23 Å². The predicted molar refractivity (Wildman–Crippen MR) is 51.3 cm³/mol. The molecule has 3 rings (SSSR count). The maximum Gasteiger partial charge on any atom is 0.167 e. The SMILES string of the molecule is Clc1ncnc2c1ncn2C1COCO1. The molecule has 0 radical (unpaired) electrons. The van der Waals surface area contributed by atoms with E-state index in [4.69, 9.17) is 21.1 Å². The largest absolute Gasteiger partial charge is 0.351 e. The molecule has 0 spiro atoms. The Morgan fingerprint density at radius 1 is 1.40 bits per heavy atom. The van der Waals surface area contributed by atoms with Crippen LogP contribution in [-0.2, 0) is 9.47 Å². The third-order valence-corrected chi connectivity index (χ3v) is 2.51. The fraction of sp³-hybridized carbons (Fsp3) is 0.375. The number of imidazole rings is 1. The van der Waals surface area contributed by atoms with Gasteiger partial charge in [0, 0.05) is 0 Å². The van der Waals surface area contributed by atoms with Crippen LogP contribution in [0.2, 0.25) is 5.15 Å². The van der Waals surface area contributed by atoms with Crippen LogP contribution in [0.5, 0.6) is 0 Å². The minimum absolute atomic E-state index is 0.180. The first-order valence-corrected chi connectivity index (χ1v) is 4.76. The summed E-state index contributed by atoms with van der Waals surface area (Å²) in [6.07, 6.45) is 2.85. The summed E-state index contributed by atoms with van der Waals surface area (Å²) in [5.74, 6) is 0. The topological polar surface area (TPSA) is 62.1 Å². The first-order chi connectivity index (χ1) is 7.36. The standard InChI is InChI=1S/C8H7ClN4O2/c9-7-6-8(11-2-10-7)13(3-12-6)5-1-14-4-15-5/h2-3,5H,1,4H2. The minimum Gasteiger partial charge on any atom is -0.351 e. The molecule has 1 fully saturated rings. The number of nitrogens with zero attached hydrogens (tertiary/aromatic N) is 4. The van der Waals surface area contributed by atoms with Gasteiger partial charge in [0.15, 0.2) is 17.0 Å². The first kappa shape index (κ1) is 9.02. The summed E-state index contributed by atoms with van der Waals surface area (Å²) in [6.45, 7) is 0.788. The van der Waals surface area contributed by atoms with E-state index in [1.165, 1.54) is 6.33 Å². The molecule has 0 bridgehead atoms. The van der Waals surface area contributed by atoms with Crippen LogP contribution in [0.3, 0.4) is 0 Å². The molecule has 7 heteroatoms. The lowest BCUT2D eigenvalue weighted by atomic mass is 10.5. The number of fused-ring (bicyclic) bond motifs is 1. The Labute approximate surface area is 89.8 Å². The molecule has 78 valence electrons. The second-order valence-electron chi connectivity index (χ2n) is 3.10. The zero-order valence-corrected chi connectivity index (χ0v) is 8.39. The molecule has 1 saturated heterocycles. The number of aromatic nitrogens is 4. The molecule has 0 amide bonds. The highest BCUT2D eigenvalue weighted by molar-refractivity contribution is 6.33. The highest BCUT2D eigenvalue weighted by Crippen LogP contribution is 2.23. The van der Waals surface area contributed by atoms with Crippen LogP contribution in [0, 0.1) is 0 Å². The molecule has 0 saturated carbocycles. The van der Waals surface area contributed by atoms with Crippen molar-refractivity contribution >= 4 is 22.8 Å². The van der Waals surface area contributed by atoms with Crippen LogP contribution in [-0.4, -0.2) is 32.9 Å². The number of hydrogen-bond donors (Lipinski definition) is 0.